The van der Waals surface area contributed by atoms with Crippen LogP contribution in [-0.4, -0.2) is 37.2 Å². The van der Waals surface area contributed by atoms with Crippen LogP contribution in [0.3, 0.4) is 0 Å². The molecule has 0 atom stereocenters. The first kappa shape index (κ1) is 28.6. The van der Waals surface area contributed by atoms with Crippen molar-refractivity contribution in [1.82, 2.24) is 4.90 Å². The van der Waals surface area contributed by atoms with E-state index < -0.39 is 40.5 Å². The van der Waals surface area contributed by atoms with E-state index in [1.807, 2.05) is 4.90 Å². The van der Waals surface area contributed by atoms with Crippen molar-refractivity contribution in [1.29, 1.82) is 0 Å². The molecule has 0 bridgehead atoms. The molecule has 41 heavy (non-hydrogen) atoms. The van der Waals surface area contributed by atoms with Crippen molar-refractivity contribution < 1.29 is 41.0 Å². The molecule has 1 saturated heterocycles. The van der Waals surface area contributed by atoms with Crippen LogP contribution in [-0.2, 0) is 17.5 Å². The van der Waals surface area contributed by atoms with Gasteiger partial charge in [-0.25, -0.2) is 9.18 Å². The summed E-state index contributed by atoms with van der Waals surface area (Å²) >= 11 is 6.01. The number of esters is 1. The molecule has 2 heterocycles. The second-order valence-electron chi connectivity index (χ2n) is 9.30. The smallest absolute Gasteiger partial charge is 0.449 e. The Balaban J connectivity index is 1.65. The van der Waals surface area contributed by atoms with E-state index in [1.54, 1.807) is 6.92 Å². The van der Waals surface area contributed by atoms with Gasteiger partial charge in [0.2, 0.25) is 11.2 Å². The third-order valence-corrected chi connectivity index (χ3v) is 6.88. The van der Waals surface area contributed by atoms with Gasteiger partial charge in [0, 0.05) is 24.7 Å². The number of fused-ring (bicyclic) bond motifs is 1. The summed E-state index contributed by atoms with van der Waals surface area (Å²) < 4.78 is 77.9. The van der Waals surface area contributed by atoms with Crippen molar-refractivity contribution in [3.05, 3.63) is 98.1 Å². The Morgan fingerprint density at radius 3 is 2.41 bits per heavy atom. The molecule has 0 aliphatic carbocycles. The summed E-state index contributed by atoms with van der Waals surface area (Å²) in [7, 11) is 0. The van der Waals surface area contributed by atoms with E-state index in [9.17, 15) is 27.2 Å². The molecular formula is C29H22ClF4NO6. The van der Waals surface area contributed by atoms with Crippen LogP contribution in [0.2, 0.25) is 5.02 Å². The molecule has 3 aromatic carbocycles. The van der Waals surface area contributed by atoms with Gasteiger partial charge in [0.15, 0.2) is 0 Å². The average Bonchev–Trinajstić information content (AvgIpc) is 2.93. The second-order valence-corrected chi connectivity index (χ2v) is 9.71. The first-order valence-corrected chi connectivity index (χ1v) is 12.8. The highest BCUT2D eigenvalue weighted by atomic mass is 35.5. The second kappa shape index (κ2) is 11.5. The normalized spacial score (nSPS) is 14.3. The zero-order valence-corrected chi connectivity index (χ0v) is 22.3. The van der Waals surface area contributed by atoms with Gasteiger partial charge in [-0.3, -0.25) is 9.69 Å². The molecule has 4 aromatic rings. The van der Waals surface area contributed by atoms with Crippen molar-refractivity contribution >= 4 is 28.5 Å². The van der Waals surface area contributed by atoms with Gasteiger partial charge >= 0.3 is 12.1 Å². The fourth-order valence-electron chi connectivity index (χ4n) is 4.33. The number of ether oxygens (including phenoxy) is 3. The zero-order valence-electron chi connectivity index (χ0n) is 21.5. The number of nitrogens with zero attached hydrogens (tertiary/aromatic N) is 1. The standard InChI is InChI=1S/C29H22ClF4NO6/c1-16-14-19(6-8-22(16)30)39-26-24(36)20-7-9-23(40-28(37)17-2-4-18(31)5-3-17)21(15-35-10-12-38-13-11-35)25(20)41-27(26)29(32,33)34/h2-9,14H,10-13,15H2,1H3. The van der Waals surface area contributed by atoms with Gasteiger partial charge in [-0.15, -0.1) is 0 Å². The maximum Gasteiger partial charge on any atom is 0.453 e. The van der Waals surface area contributed by atoms with Gasteiger partial charge in [0.25, 0.3) is 5.76 Å². The van der Waals surface area contributed by atoms with Crippen LogP contribution >= 0.6 is 11.6 Å². The zero-order chi connectivity index (χ0) is 29.3. The Labute approximate surface area is 235 Å². The molecule has 0 spiro atoms. The summed E-state index contributed by atoms with van der Waals surface area (Å²) in [4.78, 5) is 28.2. The quantitative estimate of drug-likeness (QED) is 0.139. The van der Waals surface area contributed by atoms with Crippen LogP contribution < -0.4 is 14.9 Å². The van der Waals surface area contributed by atoms with Gasteiger partial charge < -0.3 is 18.6 Å². The van der Waals surface area contributed by atoms with Crippen molar-refractivity contribution in [2.45, 2.75) is 19.6 Å². The van der Waals surface area contributed by atoms with Crippen LogP contribution in [0.4, 0.5) is 17.6 Å². The van der Waals surface area contributed by atoms with Crippen molar-refractivity contribution in [3.8, 4) is 17.2 Å². The Kier molecular flexibility index (Phi) is 8.03. The highest BCUT2D eigenvalue weighted by Crippen LogP contribution is 2.40. The van der Waals surface area contributed by atoms with Crippen LogP contribution in [0, 0.1) is 12.7 Å². The number of rotatable bonds is 6. The van der Waals surface area contributed by atoms with Crippen LogP contribution in [0.15, 0.2) is 63.8 Å². The number of carbonyl (C=O) groups excluding carboxylic acids is 1. The van der Waals surface area contributed by atoms with Gasteiger partial charge in [-0.05, 0) is 67.1 Å². The number of benzene rings is 3. The third-order valence-electron chi connectivity index (χ3n) is 6.45. The molecular weight excluding hydrogens is 570 g/mol. The molecule has 1 fully saturated rings. The molecule has 0 radical (unpaired) electrons. The minimum absolute atomic E-state index is 0.0104. The number of carbonyl (C=O) groups is 1. The van der Waals surface area contributed by atoms with E-state index in [0.29, 0.717) is 36.9 Å². The van der Waals surface area contributed by atoms with E-state index in [1.165, 1.54) is 42.5 Å². The van der Waals surface area contributed by atoms with Crippen molar-refractivity contribution in [2.24, 2.45) is 0 Å². The monoisotopic (exact) mass is 591 g/mol. The van der Waals surface area contributed by atoms with Crippen molar-refractivity contribution in [2.75, 3.05) is 26.3 Å². The molecule has 12 heteroatoms. The summed E-state index contributed by atoms with van der Waals surface area (Å²) in [6.07, 6.45) is -5.11. The number of morpholine rings is 1. The molecule has 0 N–H and O–H groups in total. The van der Waals surface area contributed by atoms with Gasteiger partial charge in [-0.2, -0.15) is 13.2 Å². The lowest BCUT2D eigenvalue weighted by atomic mass is 10.1. The summed E-state index contributed by atoms with van der Waals surface area (Å²) in [6.45, 7) is 3.26. The van der Waals surface area contributed by atoms with Crippen LogP contribution in [0.5, 0.6) is 17.2 Å². The number of hydrogen-bond acceptors (Lipinski definition) is 7. The summed E-state index contributed by atoms with van der Waals surface area (Å²) in [5, 5.41) is 0.165. The molecule has 214 valence electrons. The Bertz CT molecular complexity index is 1660. The lowest BCUT2D eigenvalue weighted by Crippen LogP contribution is -2.36. The summed E-state index contributed by atoms with van der Waals surface area (Å²) in [5.74, 6) is -4.27. The minimum Gasteiger partial charge on any atom is -0.449 e. The predicted molar refractivity (Wildman–Crippen MR) is 141 cm³/mol. The molecule has 0 saturated carbocycles. The molecule has 0 unspecified atom stereocenters. The van der Waals surface area contributed by atoms with E-state index in [-0.39, 0.29) is 34.6 Å². The van der Waals surface area contributed by atoms with Gasteiger partial charge in [0.05, 0.1) is 29.7 Å². The number of aryl methyl sites for hydroxylation is 1. The number of hydrogen-bond donors (Lipinski definition) is 0. The molecule has 0 amide bonds. The fraction of sp³-hybridized carbons (Fsp3) is 0.241. The average molecular weight is 592 g/mol. The SMILES string of the molecule is Cc1cc(Oc2c(C(F)(F)F)oc3c(CN4CCOCC4)c(OC(=O)c4ccc(F)cc4)ccc3c2=O)ccc1Cl. The minimum atomic E-state index is -5.11. The Hall–Kier alpha value is -3.93. The largest absolute Gasteiger partial charge is 0.453 e. The maximum atomic E-state index is 14.3. The first-order chi connectivity index (χ1) is 19.5. The van der Waals surface area contributed by atoms with E-state index >= 15 is 0 Å². The van der Waals surface area contributed by atoms with E-state index in [2.05, 4.69) is 0 Å². The molecule has 5 rings (SSSR count). The first-order valence-electron chi connectivity index (χ1n) is 12.4. The Morgan fingerprint density at radius 1 is 1.05 bits per heavy atom. The number of halogens is 5. The fourth-order valence-corrected chi connectivity index (χ4v) is 4.45. The molecule has 1 aromatic heterocycles. The lowest BCUT2D eigenvalue weighted by Gasteiger charge is -2.27. The van der Waals surface area contributed by atoms with E-state index in [0.717, 1.165) is 12.1 Å². The topological polar surface area (TPSA) is 78.2 Å². The maximum absolute atomic E-state index is 14.3. The molecule has 1 aliphatic rings. The highest BCUT2D eigenvalue weighted by molar-refractivity contribution is 6.31. The third kappa shape index (κ3) is 6.22. The van der Waals surface area contributed by atoms with Gasteiger partial charge in [-0.1, -0.05) is 11.6 Å². The predicted octanol–water partition coefficient (Wildman–Crippen LogP) is 6.76. The highest BCUT2D eigenvalue weighted by Gasteiger charge is 2.41. The molecule has 7 nitrogen and oxygen atoms in total. The number of alkyl halides is 3. The van der Waals surface area contributed by atoms with Crippen molar-refractivity contribution in [3.63, 3.8) is 0 Å². The lowest BCUT2D eigenvalue weighted by molar-refractivity contribution is -0.154. The summed E-state index contributed by atoms with van der Waals surface area (Å²) in [5.41, 5.74) is -0.869. The molecule has 1 aliphatic heterocycles. The van der Waals surface area contributed by atoms with Crippen LogP contribution in [0.1, 0.15) is 27.2 Å². The van der Waals surface area contributed by atoms with Gasteiger partial charge in [0.1, 0.15) is 22.9 Å². The van der Waals surface area contributed by atoms with Crippen LogP contribution in [0.25, 0.3) is 11.0 Å². The summed E-state index contributed by atoms with van der Waals surface area (Å²) in [6, 6.07) is 11.2. The Morgan fingerprint density at radius 2 is 1.76 bits per heavy atom. The van der Waals surface area contributed by atoms with E-state index in [4.69, 9.17) is 30.2 Å².